The molecule has 1 aliphatic rings. The second kappa shape index (κ2) is 7.00. The zero-order chi connectivity index (χ0) is 12.7. The van der Waals surface area contributed by atoms with Gasteiger partial charge in [0, 0.05) is 13.7 Å². The molecular weight excluding hydrogens is 216 g/mol. The van der Waals surface area contributed by atoms with Crippen molar-refractivity contribution in [2.45, 2.75) is 58.3 Å². The Labute approximate surface area is 105 Å². The minimum atomic E-state index is -0.579. The molecule has 0 aromatic carbocycles. The van der Waals surface area contributed by atoms with Crippen molar-refractivity contribution < 1.29 is 14.6 Å². The molecular formula is C14H26O3. The van der Waals surface area contributed by atoms with E-state index in [1.807, 2.05) is 0 Å². The van der Waals surface area contributed by atoms with Gasteiger partial charge in [-0.2, -0.15) is 0 Å². The lowest BCUT2D eigenvalue weighted by Crippen LogP contribution is -2.35. The van der Waals surface area contributed by atoms with Crippen LogP contribution >= 0.6 is 0 Å². The van der Waals surface area contributed by atoms with Gasteiger partial charge in [-0.1, -0.05) is 19.8 Å². The number of ether oxygens (including phenoxy) is 1. The van der Waals surface area contributed by atoms with Crippen molar-refractivity contribution >= 4 is 5.97 Å². The van der Waals surface area contributed by atoms with Gasteiger partial charge < -0.3 is 9.84 Å². The Hall–Kier alpha value is -0.570. The van der Waals surface area contributed by atoms with E-state index >= 15 is 0 Å². The number of carboxylic acid groups (broad SMARTS) is 1. The predicted octanol–water partition coefficient (Wildman–Crippen LogP) is 3.47. The Kier molecular flexibility index (Phi) is 5.96. The van der Waals surface area contributed by atoms with Crippen molar-refractivity contribution in [3.63, 3.8) is 0 Å². The van der Waals surface area contributed by atoms with Crippen molar-refractivity contribution in [1.82, 2.24) is 0 Å². The van der Waals surface area contributed by atoms with Gasteiger partial charge in [0.1, 0.15) is 0 Å². The maximum absolute atomic E-state index is 11.5. The highest BCUT2D eigenvalue weighted by Crippen LogP contribution is 2.43. The van der Waals surface area contributed by atoms with E-state index in [1.54, 1.807) is 7.11 Å². The van der Waals surface area contributed by atoms with Crippen LogP contribution in [0.1, 0.15) is 58.3 Å². The summed E-state index contributed by atoms with van der Waals surface area (Å²) in [6, 6.07) is 0. The monoisotopic (exact) mass is 242 g/mol. The minimum Gasteiger partial charge on any atom is -0.481 e. The maximum Gasteiger partial charge on any atom is 0.309 e. The van der Waals surface area contributed by atoms with Crippen LogP contribution in [0.2, 0.25) is 0 Å². The number of rotatable bonds is 7. The summed E-state index contributed by atoms with van der Waals surface area (Å²) in [5, 5.41) is 9.47. The van der Waals surface area contributed by atoms with Crippen molar-refractivity contribution in [1.29, 1.82) is 0 Å². The van der Waals surface area contributed by atoms with Crippen LogP contribution in [0.15, 0.2) is 0 Å². The standard InChI is InChI=1S/C14H26O3/c1-3-12-6-9-14(10-7-12,13(15)16)8-4-5-11-17-2/h12H,3-11H2,1-2H3,(H,15,16). The predicted molar refractivity (Wildman–Crippen MR) is 68.0 cm³/mol. The topological polar surface area (TPSA) is 46.5 Å². The van der Waals surface area contributed by atoms with E-state index < -0.39 is 11.4 Å². The smallest absolute Gasteiger partial charge is 0.309 e. The molecule has 0 radical (unpaired) electrons. The Morgan fingerprint density at radius 1 is 1.35 bits per heavy atom. The molecule has 0 saturated heterocycles. The van der Waals surface area contributed by atoms with Crippen LogP contribution in [-0.2, 0) is 9.53 Å². The number of hydrogen-bond donors (Lipinski definition) is 1. The number of unbranched alkanes of at least 4 members (excludes halogenated alkanes) is 1. The van der Waals surface area contributed by atoms with Gasteiger partial charge in [0.15, 0.2) is 0 Å². The van der Waals surface area contributed by atoms with Gasteiger partial charge >= 0.3 is 5.97 Å². The Morgan fingerprint density at radius 2 is 2.00 bits per heavy atom. The molecule has 0 aliphatic heterocycles. The van der Waals surface area contributed by atoms with Gasteiger partial charge in [-0.25, -0.2) is 0 Å². The van der Waals surface area contributed by atoms with Gasteiger partial charge in [0.25, 0.3) is 0 Å². The molecule has 0 atom stereocenters. The summed E-state index contributed by atoms with van der Waals surface area (Å²) in [5.41, 5.74) is -0.431. The molecule has 0 heterocycles. The number of aliphatic carboxylic acids is 1. The lowest BCUT2D eigenvalue weighted by atomic mass is 9.67. The number of methoxy groups -OCH3 is 1. The quantitative estimate of drug-likeness (QED) is 0.695. The second-order valence-electron chi connectivity index (χ2n) is 5.39. The molecule has 0 aromatic heterocycles. The van der Waals surface area contributed by atoms with Crippen LogP contribution in [0.4, 0.5) is 0 Å². The largest absolute Gasteiger partial charge is 0.481 e. The first-order valence-electron chi connectivity index (χ1n) is 6.87. The van der Waals surface area contributed by atoms with E-state index in [4.69, 9.17) is 4.74 Å². The molecule has 100 valence electrons. The molecule has 3 nitrogen and oxygen atoms in total. The van der Waals surface area contributed by atoms with E-state index in [1.165, 1.54) is 6.42 Å². The lowest BCUT2D eigenvalue weighted by molar-refractivity contribution is -0.152. The summed E-state index contributed by atoms with van der Waals surface area (Å²) in [6.45, 7) is 2.95. The number of carboxylic acids is 1. The molecule has 17 heavy (non-hydrogen) atoms. The van der Waals surface area contributed by atoms with E-state index in [0.717, 1.165) is 57.5 Å². The fraction of sp³-hybridized carbons (Fsp3) is 0.929. The number of carbonyl (C=O) groups is 1. The average Bonchev–Trinajstić information content (AvgIpc) is 2.35. The third-order valence-electron chi connectivity index (χ3n) is 4.35. The van der Waals surface area contributed by atoms with Gasteiger partial charge in [-0.05, 0) is 44.4 Å². The zero-order valence-corrected chi connectivity index (χ0v) is 11.2. The van der Waals surface area contributed by atoms with Crippen LogP contribution in [0, 0.1) is 11.3 Å². The van der Waals surface area contributed by atoms with E-state index in [-0.39, 0.29) is 0 Å². The van der Waals surface area contributed by atoms with Gasteiger partial charge in [0.2, 0.25) is 0 Å². The summed E-state index contributed by atoms with van der Waals surface area (Å²) in [4.78, 5) is 11.5. The molecule has 0 amide bonds. The van der Waals surface area contributed by atoms with Gasteiger partial charge in [-0.3, -0.25) is 4.79 Å². The molecule has 1 aliphatic carbocycles. The van der Waals surface area contributed by atoms with E-state index in [2.05, 4.69) is 6.92 Å². The SMILES string of the molecule is CCC1CCC(CCCCOC)(C(=O)O)CC1. The molecule has 0 unspecified atom stereocenters. The summed E-state index contributed by atoms with van der Waals surface area (Å²) in [6.07, 6.45) is 7.88. The normalized spacial score (nSPS) is 29.2. The molecule has 1 saturated carbocycles. The molecule has 1 fully saturated rings. The number of hydrogen-bond acceptors (Lipinski definition) is 2. The molecule has 3 heteroatoms. The highest BCUT2D eigenvalue weighted by atomic mass is 16.5. The second-order valence-corrected chi connectivity index (χ2v) is 5.39. The van der Waals surface area contributed by atoms with Gasteiger partial charge in [0.05, 0.1) is 5.41 Å². The minimum absolute atomic E-state index is 0.431. The fourth-order valence-corrected chi connectivity index (χ4v) is 2.92. The molecule has 0 spiro atoms. The first kappa shape index (κ1) is 14.5. The fourth-order valence-electron chi connectivity index (χ4n) is 2.92. The lowest BCUT2D eigenvalue weighted by Gasteiger charge is -2.36. The highest BCUT2D eigenvalue weighted by molar-refractivity contribution is 5.74. The first-order valence-corrected chi connectivity index (χ1v) is 6.87. The van der Waals surface area contributed by atoms with Crippen molar-refractivity contribution in [3.05, 3.63) is 0 Å². The van der Waals surface area contributed by atoms with Crippen LogP contribution in [0.3, 0.4) is 0 Å². The van der Waals surface area contributed by atoms with E-state index in [9.17, 15) is 9.90 Å². The Bertz CT molecular complexity index is 230. The Balaban J connectivity index is 2.44. The first-order chi connectivity index (χ1) is 8.14. The average molecular weight is 242 g/mol. The summed E-state index contributed by atoms with van der Waals surface area (Å²) in [5.74, 6) is 0.172. The summed E-state index contributed by atoms with van der Waals surface area (Å²) in [7, 11) is 1.69. The van der Waals surface area contributed by atoms with Crippen LogP contribution in [-0.4, -0.2) is 24.8 Å². The molecule has 0 aromatic rings. The van der Waals surface area contributed by atoms with Crippen molar-refractivity contribution in [2.24, 2.45) is 11.3 Å². The third-order valence-corrected chi connectivity index (χ3v) is 4.35. The molecule has 1 N–H and O–H groups in total. The zero-order valence-electron chi connectivity index (χ0n) is 11.2. The third kappa shape index (κ3) is 3.98. The van der Waals surface area contributed by atoms with Crippen LogP contribution in [0.5, 0.6) is 0 Å². The molecule has 0 bridgehead atoms. The van der Waals surface area contributed by atoms with Crippen LogP contribution in [0.25, 0.3) is 0 Å². The van der Waals surface area contributed by atoms with Gasteiger partial charge in [-0.15, -0.1) is 0 Å². The van der Waals surface area contributed by atoms with Crippen molar-refractivity contribution in [3.8, 4) is 0 Å². The maximum atomic E-state index is 11.5. The van der Waals surface area contributed by atoms with Crippen LogP contribution < -0.4 is 0 Å². The highest BCUT2D eigenvalue weighted by Gasteiger charge is 2.40. The summed E-state index contributed by atoms with van der Waals surface area (Å²) >= 11 is 0. The van der Waals surface area contributed by atoms with E-state index in [0.29, 0.717) is 0 Å². The molecule has 1 rings (SSSR count). The van der Waals surface area contributed by atoms with Crippen molar-refractivity contribution in [2.75, 3.05) is 13.7 Å². The summed E-state index contributed by atoms with van der Waals surface area (Å²) < 4.78 is 5.01. The Morgan fingerprint density at radius 3 is 2.47 bits per heavy atom.